The van der Waals surface area contributed by atoms with E-state index < -0.39 is 28.0 Å². The van der Waals surface area contributed by atoms with Gasteiger partial charge in [-0.2, -0.15) is 0 Å². The molecule has 0 radical (unpaired) electrons. The average Bonchev–Trinajstić information content (AvgIpc) is 3.27. The minimum atomic E-state index is -4.84. The van der Waals surface area contributed by atoms with E-state index in [0.717, 1.165) is 54.4 Å². The number of rotatable bonds is 8. The first-order valence-electron chi connectivity index (χ1n) is 16.1. The zero-order valence-electron chi connectivity index (χ0n) is 25.5. The van der Waals surface area contributed by atoms with Crippen LogP contribution >= 0.6 is 0 Å². The summed E-state index contributed by atoms with van der Waals surface area (Å²) in [4.78, 5) is 12.6. The molecule has 0 heterocycles. The van der Waals surface area contributed by atoms with E-state index in [4.69, 9.17) is 0 Å². The summed E-state index contributed by atoms with van der Waals surface area (Å²) in [6.07, 6.45) is 8.73. The van der Waals surface area contributed by atoms with Gasteiger partial charge in [-0.3, -0.25) is 4.79 Å². The summed E-state index contributed by atoms with van der Waals surface area (Å²) in [6.45, 7) is 9.67. The van der Waals surface area contributed by atoms with Crippen LogP contribution in [-0.2, 0) is 10.0 Å². The Hall–Kier alpha value is -1.77. The number of nitrogens with one attached hydrogen (secondary N) is 1. The molecule has 1 aromatic carbocycles. The lowest BCUT2D eigenvalue weighted by Crippen LogP contribution is -2.55. The Bertz CT molecular complexity index is 1230. The van der Waals surface area contributed by atoms with Crippen molar-refractivity contribution in [3.63, 3.8) is 0 Å². The summed E-state index contributed by atoms with van der Waals surface area (Å²) in [6, 6.07) is 4.23. The molecule has 4 aliphatic rings. The maximum Gasteiger partial charge on any atom is 0.573 e. The van der Waals surface area contributed by atoms with Crippen LogP contribution in [-0.4, -0.2) is 26.4 Å². The van der Waals surface area contributed by atoms with Gasteiger partial charge in [0.25, 0.3) is 5.91 Å². The molecule has 4 aliphatic carbocycles. The van der Waals surface area contributed by atoms with Crippen LogP contribution in [0.5, 0.6) is 5.75 Å². The van der Waals surface area contributed by atoms with E-state index in [1.54, 1.807) is 0 Å². The fraction of sp³-hybridized carbons (Fsp3) is 0.788. The van der Waals surface area contributed by atoms with Gasteiger partial charge in [-0.1, -0.05) is 47.0 Å². The van der Waals surface area contributed by atoms with Crippen molar-refractivity contribution in [2.45, 2.75) is 105 Å². The summed E-state index contributed by atoms with van der Waals surface area (Å²) in [5, 5.41) is 0. The lowest BCUT2D eigenvalue weighted by Gasteiger charge is -2.63. The van der Waals surface area contributed by atoms with Crippen LogP contribution in [0, 0.1) is 52.3 Å². The molecule has 3 unspecified atom stereocenters. The summed E-state index contributed by atoms with van der Waals surface area (Å²) >= 11 is 0. The number of ether oxygens (including phenoxy) is 1. The van der Waals surface area contributed by atoms with E-state index in [2.05, 4.69) is 37.2 Å². The van der Waals surface area contributed by atoms with Crippen LogP contribution in [0.3, 0.4) is 0 Å². The van der Waals surface area contributed by atoms with E-state index in [1.165, 1.54) is 57.8 Å². The molecule has 0 saturated heterocycles. The Balaban J connectivity index is 1.20. The largest absolute Gasteiger partial charge is 0.573 e. The highest BCUT2D eigenvalue weighted by Gasteiger charge is 2.61. The molecule has 0 spiro atoms. The van der Waals surface area contributed by atoms with Gasteiger partial charge in [0.15, 0.2) is 0 Å². The molecule has 5 nitrogen and oxygen atoms in total. The lowest BCUT2D eigenvalue weighted by molar-refractivity contribution is -0.274. The molecule has 4 saturated carbocycles. The number of fused-ring (bicyclic) bond motifs is 5. The SMILES string of the molecule is CC[C@H]1CC2C3CC[C@H]([C@H](C)CCS(=O)(=O)NC(=O)c4ccc(OC(F)(F)F)cc4)[C@@]3(C)CCC2[C@@]2(C)CCCC[C@@H]12. The number of halogens is 3. The maximum absolute atomic E-state index is 12.9. The van der Waals surface area contributed by atoms with Crippen LogP contribution in [0.2, 0.25) is 0 Å². The molecule has 1 N–H and O–H groups in total. The molecule has 0 bridgehead atoms. The number of alkyl halides is 3. The summed E-state index contributed by atoms with van der Waals surface area (Å²) < 4.78 is 68.9. The highest BCUT2D eigenvalue weighted by atomic mass is 32.2. The fourth-order valence-corrected chi connectivity index (χ4v) is 11.8. The van der Waals surface area contributed by atoms with Crippen LogP contribution in [0.4, 0.5) is 13.2 Å². The number of carbonyl (C=O) groups excluding carboxylic acids is 1. The van der Waals surface area contributed by atoms with Gasteiger partial charge in [0, 0.05) is 5.56 Å². The Kier molecular flexibility index (Phi) is 8.76. The van der Waals surface area contributed by atoms with Gasteiger partial charge in [-0.25, -0.2) is 13.1 Å². The number of carbonyl (C=O) groups is 1. The Morgan fingerprint density at radius 3 is 2.36 bits per heavy atom. The quantitative estimate of drug-likeness (QED) is 0.321. The molecular weight excluding hydrogens is 563 g/mol. The Morgan fingerprint density at radius 1 is 1.00 bits per heavy atom. The van der Waals surface area contributed by atoms with Gasteiger partial charge < -0.3 is 4.74 Å². The second-order valence-electron chi connectivity index (χ2n) is 14.5. The summed E-state index contributed by atoms with van der Waals surface area (Å²) in [7, 11) is -3.90. The molecule has 4 fully saturated rings. The molecule has 42 heavy (non-hydrogen) atoms. The molecular formula is C33H48F3NO4S. The van der Waals surface area contributed by atoms with Crippen LogP contribution in [0.1, 0.15) is 109 Å². The van der Waals surface area contributed by atoms with Crippen molar-refractivity contribution in [3.05, 3.63) is 29.8 Å². The van der Waals surface area contributed by atoms with Crippen molar-refractivity contribution in [3.8, 4) is 5.75 Å². The van der Waals surface area contributed by atoms with Gasteiger partial charge >= 0.3 is 6.36 Å². The van der Waals surface area contributed by atoms with Gasteiger partial charge in [-0.05, 0) is 128 Å². The van der Waals surface area contributed by atoms with Crippen molar-refractivity contribution >= 4 is 15.9 Å². The van der Waals surface area contributed by atoms with Gasteiger partial charge in [0.1, 0.15) is 5.75 Å². The number of hydrogen-bond donors (Lipinski definition) is 1. The van der Waals surface area contributed by atoms with Crippen molar-refractivity contribution in [2.24, 2.45) is 52.3 Å². The van der Waals surface area contributed by atoms with E-state index in [1.807, 2.05) is 0 Å². The monoisotopic (exact) mass is 611 g/mol. The van der Waals surface area contributed by atoms with E-state index >= 15 is 0 Å². The summed E-state index contributed by atoms with van der Waals surface area (Å²) in [5.74, 6) is 3.21. The molecule has 1 amide bonds. The first kappa shape index (κ1) is 31.6. The van der Waals surface area contributed by atoms with Crippen molar-refractivity contribution in [1.29, 1.82) is 0 Å². The first-order valence-corrected chi connectivity index (χ1v) is 17.7. The number of sulfonamides is 1. The molecule has 236 valence electrons. The lowest BCUT2D eigenvalue weighted by atomic mass is 9.42. The smallest absolute Gasteiger partial charge is 0.406 e. The summed E-state index contributed by atoms with van der Waals surface area (Å²) in [5.41, 5.74) is 0.658. The van der Waals surface area contributed by atoms with Gasteiger partial charge in [0.2, 0.25) is 10.0 Å². The number of hydrogen-bond acceptors (Lipinski definition) is 4. The third kappa shape index (κ3) is 6.10. The first-order chi connectivity index (χ1) is 19.7. The molecule has 0 aliphatic heterocycles. The zero-order valence-corrected chi connectivity index (χ0v) is 26.3. The molecule has 9 heteroatoms. The minimum absolute atomic E-state index is 0.0455. The van der Waals surface area contributed by atoms with Crippen molar-refractivity contribution < 1.29 is 31.1 Å². The molecule has 0 aromatic heterocycles. The molecule has 5 rings (SSSR count). The fourth-order valence-electron chi connectivity index (χ4n) is 10.6. The minimum Gasteiger partial charge on any atom is -0.406 e. The highest BCUT2D eigenvalue weighted by Crippen LogP contribution is 2.69. The highest BCUT2D eigenvalue weighted by molar-refractivity contribution is 7.90. The van der Waals surface area contributed by atoms with E-state index in [0.29, 0.717) is 23.7 Å². The van der Waals surface area contributed by atoms with Crippen molar-refractivity contribution in [2.75, 3.05) is 5.75 Å². The van der Waals surface area contributed by atoms with Crippen molar-refractivity contribution in [1.82, 2.24) is 4.72 Å². The third-order valence-corrected chi connectivity index (χ3v) is 13.8. The standard InChI is InChI=1S/C33H48F3NO4S/c1-5-22-20-25-28-14-13-26(32(28,4)18-15-29(25)31(3)17-7-6-8-27(22)31)21(2)16-19-42(39,40)37-30(38)23-9-11-24(12-10-23)41-33(34,35)36/h9-12,21-22,25-29H,5-8,13-20H2,1-4H3,(H,37,38)/t21-,22+,25?,26-,27+,28?,29?,31+,32-/m1/s1. The van der Waals surface area contributed by atoms with Gasteiger partial charge in [0.05, 0.1) is 5.75 Å². The van der Waals surface area contributed by atoms with Crippen LogP contribution in [0.15, 0.2) is 24.3 Å². The topological polar surface area (TPSA) is 72.5 Å². The predicted octanol–water partition coefficient (Wildman–Crippen LogP) is 8.36. The maximum atomic E-state index is 12.9. The zero-order chi connectivity index (χ0) is 30.5. The molecule has 1 aromatic rings. The average molecular weight is 612 g/mol. The normalized spacial score (nSPS) is 37.2. The van der Waals surface area contributed by atoms with Crippen LogP contribution < -0.4 is 9.46 Å². The third-order valence-electron chi connectivity index (χ3n) is 12.5. The van der Waals surface area contributed by atoms with E-state index in [9.17, 15) is 26.4 Å². The molecule has 9 atom stereocenters. The number of amides is 1. The second kappa shape index (κ2) is 11.6. The number of benzene rings is 1. The Morgan fingerprint density at radius 2 is 1.69 bits per heavy atom. The van der Waals surface area contributed by atoms with E-state index in [-0.39, 0.29) is 22.6 Å². The van der Waals surface area contributed by atoms with Gasteiger partial charge in [-0.15, -0.1) is 13.2 Å². The predicted molar refractivity (Wildman–Crippen MR) is 157 cm³/mol. The second-order valence-corrected chi connectivity index (χ2v) is 16.3. The Labute approximate surface area is 249 Å². The van der Waals surface area contributed by atoms with Crippen LogP contribution in [0.25, 0.3) is 0 Å².